The minimum atomic E-state index is -0.381. The molecule has 5 heteroatoms. The molecule has 2 aromatic heterocycles. The van der Waals surface area contributed by atoms with Gasteiger partial charge in [-0.15, -0.1) is 0 Å². The van der Waals surface area contributed by atoms with Crippen molar-refractivity contribution in [2.24, 2.45) is 12.5 Å². The van der Waals surface area contributed by atoms with Crippen LogP contribution in [0.3, 0.4) is 0 Å². The van der Waals surface area contributed by atoms with Gasteiger partial charge in [0.25, 0.3) is 0 Å². The van der Waals surface area contributed by atoms with Crippen LogP contribution in [0.25, 0.3) is 11.3 Å². The summed E-state index contributed by atoms with van der Waals surface area (Å²) in [7, 11) is 3.64. The van der Waals surface area contributed by atoms with E-state index in [9.17, 15) is 4.79 Å². The van der Waals surface area contributed by atoms with Crippen molar-refractivity contribution in [3.8, 4) is 11.3 Å². The van der Waals surface area contributed by atoms with Crippen molar-refractivity contribution < 1.29 is 4.79 Å². The monoisotopic (exact) mass is 286 g/mol. The number of carbonyl (C=O) groups is 1. The zero-order valence-electron chi connectivity index (χ0n) is 13.3. The van der Waals surface area contributed by atoms with Crippen LogP contribution in [0, 0.1) is 5.41 Å². The third-order valence-electron chi connectivity index (χ3n) is 3.92. The van der Waals surface area contributed by atoms with Gasteiger partial charge in [-0.2, -0.15) is 5.10 Å². The number of amides is 1. The maximum absolute atomic E-state index is 12.6. The molecule has 2 aromatic rings. The standard InChI is InChI=1S/C16H22N4O/c1-6-16(2,3)15(21)19(4)14-10-13(18-20(14)5)12-8-7-9-17-11-12/h7-11H,6H2,1-5H3. The lowest BCUT2D eigenvalue weighted by atomic mass is 9.89. The van der Waals surface area contributed by atoms with E-state index in [0.717, 1.165) is 23.5 Å². The number of carbonyl (C=O) groups excluding carboxylic acids is 1. The third kappa shape index (κ3) is 2.96. The normalized spacial score (nSPS) is 11.5. The van der Waals surface area contributed by atoms with Gasteiger partial charge in [0.15, 0.2) is 0 Å². The molecular weight excluding hydrogens is 264 g/mol. The van der Waals surface area contributed by atoms with Crippen molar-refractivity contribution >= 4 is 11.7 Å². The lowest BCUT2D eigenvalue weighted by Gasteiger charge is -2.28. The van der Waals surface area contributed by atoms with E-state index in [4.69, 9.17) is 0 Å². The van der Waals surface area contributed by atoms with E-state index in [1.54, 1.807) is 29.0 Å². The Kier molecular flexibility index (Phi) is 4.11. The average molecular weight is 286 g/mol. The zero-order valence-corrected chi connectivity index (χ0v) is 13.3. The largest absolute Gasteiger partial charge is 0.300 e. The summed E-state index contributed by atoms with van der Waals surface area (Å²) in [6, 6.07) is 5.75. The molecular formula is C16H22N4O. The lowest BCUT2D eigenvalue weighted by molar-refractivity contribution is -0.126. The Morgan fingerprint density at radius 1 is 1.43 bits per heavy atom. The fourth-order valence-electron chi connectivity index (χ4n) is 2.14. The van der Waals surface area contributed by atoms with Gasteiger partial charge in [0, 0.05) is 43.5 Å². The molecule has 2 heterocycles. The molecule has 0 atom stereocenters. The van der Waals surface area contributed by atoms with Gasteiger partial charge in [-0.05, 0) is 18.6 Å². The summed E-state index contributed by atoms with van der Waals surface area (Å²) in [6.45, 7) is 5.95. The molecule has 0 aliphatic carbocycles. The second kappa shape index (κ2) is 5.68. The van der Waals surface area contributed by atoms with E-state index in [1.165, 1.54) is 0 Å². The Balaban J connectivity index is 2.34. The van der Waals surface area contributed by atoms with Gasteiger partial charge in [0.2, 0.25) is 5.91 Å². The van der Waals surface area contributed by atoms with Crippen molar-refractivity contribution in [1.82, 2.24) is 14.8 Å². The van der Waals surface area contributed by atoms with Crippen molar-refractivity contribution in [2.75, 3.05) is 11.9 Å². The average Bonchev–Trinajstić information content (AvgIpc) is 2.88. The molecule has 0 saturated heterocycles. The SMILES string of the molecule is CCC(C)(C)C(=O)N(C)c1cc(-c2cccnc2)nn1C. The van der Waals surface area contributed by atoms with Gasteiger partial charge in [0.1, 0.15) is 5.82 Å². The third-order valence-corrected chi connectivity index (χ3v) is 3.92. The first kappa shape index (κ1) is 15.2. The quantitative estimate of drug-likeness (QED) is 0.868. The second-order valence-corrected chi connectivity index (χ2v) is 5.85. The molecule has 112 valence electrons. The fraction of sp³-hybridized carbons (Fsp3) is 0.438. The summed E-state index contributed by atoms with van der Waals surface area (Å²) in [5.74, 6) is 0.867. The van der Waals surface area contributed by atoms with E-state index < -0.39 is 0 Å². The van der Waals surface area contributed by atoms with Gasteiger partial charge in [-0.1, -0.05) is 20.8 Å². The summed E-state index contributed by atoms with van der Waals surface area (Å²) in [5, 5.41) is 4.48. The molecule has 21 heavy (non-hydrogen) atoms. The van der Waals surface area contributed by atoms with Gasteiger partial charge < -0.3 is 0 Å². The van der Waals surface area contributed by atoms with Crippen molar-refractivity contribution in [1.29, 1.82) is 0 Å². The molecule has 1 amide bonds. The topological polar surface area (TPSA) is 51.0 Å². The predicted molar refractivity (Wildman–Crippen MR) is 83.9 cm³/mol. The minimum Gasteiger partial charge on any atom is -0.300 e. The lowest BCUT2D eigenvalue weighted by Crippen LogP contribution is -2.39. The van der Waals surface area contributed by atoms with E-state index in [1.807, 2.05) is 46.0 Å². The first-order valence-corrected chi connectivity index (χ1v) is 7.09. The molecule has 0 aromatic carbocycles. The van der Waals surface area contributed by atoms with Crippen LogP contribution < -0.4 is 4.90 Å². The van der Waals surface area contributed by atoms with Crippen molar-refractivity contribution in [2.45, 2.75) is 27.2 Å². The van der Waals surface area contributed by atoms with Gasteiger partial charge >= 0.3 is 0 Å². The zero-order chi connectivity index (χ0) is 15.6. The molecule has 0 radical (unpaired) electrons. The number of aryl methyl sites for hydroxylation is 1. The van der Waals surface area contributed by atoms with Crippen LogP contribution in [-0.4, -0.2) is 27.7 Å². The van der Waals surface area contributed by atoms with E-state index in [2.05, 4.69) is 10.1 Å². The maximum Gasteiger partial charge on any atom is 0.233 e. The molecule has 5 nitrogen and oxygen atoms in total. The van der Waals surface area contributed by atoms with Crippen LogP contribution in [0.15, 0.2) is 30.6 Å². The number of pyridine rings is 1. The van der Waals surface area contributed by atoms with Crippen molar-refractivity contribution in [3.63, 3.8) is 0 Å². The molecule has 0 aliphatic heterocycles. The summed E-state index contributed by atoms with van der Waals surface area (Å²) in [5.41, 5.74) is 1.37. The first-order valence-electron chi connectivity index (χ1n) is 7.09. The highest BCUT2D eigenvalue weighted by atomic mass is 16.2. The summed E-state index contributed by atoms with van der Waals surface area (Å²) >= 11 is 0. The Morgan fingerprint density at radius 2 is 2.14 bits per heavy atom. The molecule has 0 saturated carbocycles. The highest BCUT2D eigenvalue weighted by Gasteiger charge is 2.30. The van der Waals surface area contributed by atoms with E-state index in [-0.39, 0.29) is 11.3 Å². The minimum absolute atomic E-state index is 0.0886. The van der Waals surface area contributed by atoms with Crippen LogP contribution in [0.1, 0.15) is 27.2 Å². The molecule has 0 unspecified atom stereocenters. The van der Waals surface area contributed by atoms with E-state index in [0.29, 0.717) is 0 Å². The molecule has 0 spiro atoms. The number of aromatic nitrogens is 3. The molecule has 0 bridgehead atoms. The summed E-state index contributed by atoms with van der Waals surface area (Å²) in [6.07, 6.45) is 4.29. The van der Waals surface area contributed by atoms with Crippen LogP contribution in [0.4, 0.5) is 5.82 Å². The molecule has 0 N–H and O–H groups in total. The number of rotatable bonds is 4. The van der Waals surface area contributed by atoms with Gasteiger partial charge in [0.05, 0.1) is 5.69 Å². The number of hydrogen-bond acceptors (Lipinski definition) is 3. The Labute approximate surface area is 125 Å². The smallest absolute Gasteiger partial charge is 0.233 e. The van der Waals surface area contributed by atoms with Crippen LogP contribution in [-0.2, 0) is 11.8 Å². The Morgan fingerprint density at radius 3 is 2.71 bits per heavy atom. The first-order chi connectivity index (χ1) is 9.86. The van der Waals surface area contributed by atoms with Crippen LogP contribution in [0.2, 0.25) is 0 Å². The van der Waals surface area contributed by atoms with Gasteiger partial charge in [-0.25, -0.2) is 0 Å². The number of nitrogens with zero attached hydrogens (tertiary/aromatic N) is 4. The van der Waals surface area contributed by atoms with Crippen LogP contribution in [0.5, 0.6) is 0 Å². The highest BCUT2D eigenvalue weighted by Crippen LogP contribution is 2.28. The summed E-state index contributed by atoms with van der Waals surface area (Å²) in [4.78, 5) is 18.3. The van der Waals surface area contributed by atoms with Crippen LogP contribution >= 0.6 is 0 Å². The van der Waals surface area contributed by atoms with Gasteiger partial charge in [-0.3, -0.25) is 19.4 Å². The summed E-state index contributed by atoms with van der Waals surface area (Å²) < 4.78 is 1.73. The Hall–Kier alpha value is -2.17. The Bertz CT molecular complexity index is 631. The second-order valence-electron chi connectivity index (χ2n) is 5.85. The van der Waals surface area contributed by atoms with Crippen molar-refractivity contribution in [3.05, 3.63) is 30.6 Å². The highest BCUT2D eigenvalue weighted by molar-refractivity contribution is 5.96. The maximum atomic E-state index is 12.6. The predicted octanol–water partition coefficient (Wildman–Crippen LogP) is 2.88. The molecule has 2 rings (SSSR count). The molecule has 0 fully saturated rings. The number of anilines is 1. The number of hydrogen-bond donors (Lipinski definition) is 0. The molecule has 0 aliphatic rings. The fourth-order valence-corrected chi connectivity index (χ4v) is 2.14. The van der Waals surface area contributed by atoms with E-state index >= 15 is 0 Å².